The zero-order chi connectivity index (χ0) is 9.26. The smallest absolute Gasteiger partial charge is 0.160 e. The lowest BCUT2D eigenvalue weighted by atomic mass is 10.1. The van der Waals surface area contributed by atoms with Crippen molar-refractivity contribution in [2.24, 2.45) is 0 Å². The normalized spacial score (nSPS) is 15.4. The zero-order valence-electron chi connectivity index (χ0n) is 7.59. The first-order valence-corrected chi connectivity index (χ1v) is 4.78. The van der Waals surface area contributed by atoms with Gasteiger partial charge in [-0.2, -0.15) is 0 Å². The Bertz CT molecular complexity index is 310. The Kier molecular flexibility index (Phi) is 2.32. The van der Waals surface area contributed by atoms with Crippen LogP contribution >= 0.6 is 11.6 Å². The Morgan fingerprint density at radius 3 is 2.69 bits per heavy atom. The Morgan fingerprint density at radius 1 is 1.38 bits per heavy atom. The Hall–Kier alpha value is -0.890. The zero-order valence-corrected chi connectivity index (χ0v) is 8.34. The molecule has 0 N–H and O–H groups in total. The van der Waals surface area contributed by atoms with Crippen molar-refractivity contribution in [1.82, 2.24) is 0 Å². The average molecular weight is 198 g/mol. The molecule has 1 aromatic carbocycles. The molecule has 1 aliphatic rings. The number of para-hydroxylation sites is 1. The highest BCUT2D eigenvalue weighted by molar-refractivity contribution is 6.32. The molecular weight excluding hydrogens is 186 g/mol. The topological polar surface area (TPSA) is 12.5 Å². The van der Waals surface area contributed by atoms with Gasteiger partial charge in [-0.3, -0.25) is 0 Å². The number of anilines is 1. The van der Waals surface area contributed by atoms with Gasteiger partial charge in [0.25, 0.3) is 0 Å². The fraction of sp³-hybridized carbons (Fsp3) is 0.400. The predicted molar refractivity (Wildman–Crippen MR) is 54.8 cm³/mol. The summed E-state index contributed by atoms with van der Waals surface area (Å²) in [5, 5.41) is 0.687. The fourth-order valence-corrected chi connectivity index (χ4v) is 1.75. The van der Waals surface area contributed by atoms with Crippen LogP contribution in [-0.4, -0.2) is 20.2 Å². The average Bonchev–Trinajstić information content (AvgIpc) is 2.01. The summed E-state index contributed by atoms with van der Waals surface area (Å²) < 4.78 is 5.26. The number of halogens is 1. The van der Waals surface area contributed by atoms with Crippen LogP contribution in [0.1, 0.15) is 6.42 Å². The van der Waals surface area contributed by atoms with Crippen LogP contribution in [0.5, 0.6) is 5.75 Å². The van der Waals surface area contributed by atoms with Gasteiger partial charge in [0, 0.05) is 13.1 Å². The van der Waals surface area contributed by atoms with Gasteiger partial charge in [0.1, 0.15) is 0 Å². The number of hydrogen-bond acceptors (Lipinski definition) is 2. The molecule has 0 aromatic heterocycles. The number of nitrogens with zero attached hydrogens (tertiary/aromatic N) is 1. The molecule has 1 heterocycles. The SMILES string of the molecule is COc1c(Cl)cccc1N1CCC1. The van der Waals surface area contributed by atoms with E-state index in [-0.39, 0.29) is 0 Å². The van der Waals surface area contributed by atoms with Gasteiger partial charge >= 0.3 is 0 Å². The van der Waals surface area contributed by atoms with Crippen molar-refractivity contribution >= 4 is 17.3 Å². The molecule has 0 atom stereocenters. The maximum absolute atomic E-state index is 6.00. The van der Waals surface area contributed by atoms with Crippen LogP contribution in [0.4, 0.5) is 5.69 Å². The number of methoxy groups -OCH3 is 1. The van der Waals surface area contributed by atoms with Gasteiger partial charge in [0.15, 0.2) is 5.75 Å². The lowest BCUT2D eigenvalue weighted by Gasteiger charge is -2.34. The molecule has 0 spiro atoms. The molecule has 1 saturated heterocycles. The molecule has 0 unspecified atom stereocenters. The summed E-state index contributed by atoms with van der Waals surface area (Å²) in [4.78, 5) is 2.27. The second kappa shape index (κ2) is 3.46. The van der Waals surface area contributed by atoms with E-state index in [1.807, 2.05) is 18.2 Å². The van der Waals surface area contributed by atoms with Crippen LogP contribution < -0.4 is 9.64 Å². The van der Waals surface area contributed by atoms with E-state index in [0.717, 1.165) is 24.5 Å². The van der Waals surface area contributed by atoms with Crippen LogP contribution in [0.3, 0.4) is 0 Å². The lowest BCUT2D eigenvalue weighted by Crippen LogP contribution is -2.37. The molecular formula is C10H12ClNO. The van der Waals surface area contributed by atoms with Crippen molar-refractivity contribution in [3.63, 3.8) is 0 Å². The highest BCUT2D eigenvalue weighted by atomic mass is 35.5. The summed E-state index contributed by atoms with van der Waals surface area (Å²) in [5.41, 5.74) is 1.11. The molecule has 0 amide bonds. The third-order valence-electron chi connectivity index (χ3n) is 2.35. The third-order valence-corrected chi connectivity index (χ3v) is 2.64. The summed E-state index contributed by atoms with van der Waals surface area (Å²) in [6.45, 7) is 2.22. The van der Waals surface area contributed by atoms with Gasteiger partial charge in [-0.15, -0.1) is 0 Å². The van der Waals surface area contributed by atoms with Crippen molar-refractivity contribution in [2.75, 3.05) is 25.1 Å². The van der Waals surface area contributed by atoms with E-state index in [9.17, 15) is 0 Å². The van der Waals surface area contributed by atoms with E-state index in [1.165, 1.54) is 6.42 Å². The Labute approximate surface area is 83.1 Å². The van der Waals surface area contributed by atoms with Crippen molar-refractivity contribution in [2.45, 2.75) is 6.42 Å². The Balaban J connectivity index is 2.37. The van der Waals surface area contributed by atoms with E-state index in [2.05, 4.69) is 4.90 Å². The molecule has 1 aromatic rings. The van der Waals surface area contributed by atoms with Gasteiger partial charge in [-0.25, -0.2) is 0 Å². The molecule has 70 valence electrons. The number of hydrogen-bond donors (Lipinski definition) is 0. The minimum Gasteiger partial charge on any atom is -0.493 e. The predicted octanol–water partition coefficient (Wildman–Crippen LogP) is 2.56. The van der Waals surface area contributed by atoms with Gasteiger partial charge < -0.3 is 9.64 Å². The van der Waals surface area contributed by atoms with Gasteiger partial charge in [-0.1, -0.05) is 17.7 Å². The summed E-state index contributed by atoms with van der Waals surface area (Å²) in [6, 6.07) is 5.85. The molecule has 0 saturated carbocycles. The first-order valence-electron chi connectivity index (χ1n) is 4.40. The second-order valence-corrected chi connectivity index (χ2v) is 3.54. The number of benzene rings is 1. The maximum atomic E-state index is 6.00. The van der Waals surface area contributed by atoms with E-state index in [0.29, 0.717) is 5.02 Å². The molecule has 0 radical (unpaired) electrons. The van der Waals surface area contributed by atoms with Crippen LogP contribution in [0.25, 0.3) is 0 Å². The van der Waals surface area contributed by atoms with Crippen molar-refractivity contribution < 1.29 is 4.74 Å². The number of ether oxygens (including phenoxy) is 1. The Morgan fingerprint density at radius 2 is 2.15 bits per heavy atom. The standard InChI is InChI=1S/C10H12ClNO/c1-13-10-8(11)4-2-5-9(10)12-6-3-7-12/h2,4-5H,3,6-7H2,1H3. The van der Waals surface area contributed by atoms with Gasteiger partial charge in [-0.05, 0) is 18.6 Å². The molecule has 2 rings (SSSR count). The second-order valence-electron chi connectivity index (χ2n) is 3.13. The quantitative estimate of drug-likeness (QED) is 0.723. The van der Waals surface area contributed by atoms with E-state index in [1.54, 1.807) is 7.11 Å². The fourth-order valence-electron chi connectivity index (χ4n) is 1.51. The maximum Gasteiger partial charge on any atom is 0.160 e. The largest absolute Gasteiger partial charge is 0.493 e. The minimum absolute atomic E-state index is 0.687. The van der Waals surface area contributed by atoms with E-state index < -0.39 is 0 Å². The number of rotatable bonds is 2. The summed E-state index contributed by atoms with van der Waals surface area (Å²) in [7, 11) is 1.66. The van der Waals surface area contributed by atoms with Crippen LogP contribution in [0, 0.1) is 0 Å². The lowest BCUT2D eigenvalue weighted by molar-refractivity contribution is 0.412. The molecule has 0 bridgehead atoms. The van der Waals surface area contributed by atoms with Crippen LogP contribution in [0.15, 0.2) is 18.2 Å². The summed E-state index contributed by atoms with van der Waals surface area (Å²) >= 11 is 6.00. The van der Waals surface area contributed by atoms with Crippen LogP contribution in [-0.2, 0) is 0 Å². The van der Waals surface area contributed by atoms with Crippen molar-refractivity contribution in [1.29, 1.82) is 0 Å². The van der Waals surface area contributed by atoms with E-state index >= 15 is 0 Å². The highest BCUT2D eigenvalue weighted by Crippen LogP contribution is 2.36. The monoisotopic (exact) mass is 197 g/mol. The first kappa shape index (κ1) is 8.70. The molecule has 2 nitrogen and oxygen atoms in total. The van der Waals surface area contributed by atoms with Gasteiger partial charge in [0.05, 0.1) is 17.8 Å². The molecule has 1 fully saturated rings. The third kappa shape index (κ3) is 1.46. The van der Waals surface area contributed by atoms with E-state index in [4.69, 9.17) is 16.3 Å². The molecule has 0 aliphatic carbocycles. The first-order chi connectivity index (χ1) is 6.33. The minimum atomic E-state index is 0.687. The van der Waals surface area contributed by atoms with Crippen molar-refractivity contribution in [3.8, 4) is 5.75 Å². The molecule has 13 heavy (non-hydrogen) atoms. The summed E-state index contributed by atoms with van der Waals surface area (Å²) in [5.74, 6) is 0.795. The van der Waals surface area contributed by atoms with Crippen molar-refractivity contribution in [3.05, 3.63) is 23.2 Å². The highest BCUT2D eigenvalue weighted by Gasteiger charge is 2.19. The van der Waals surface area contributed by atoms with Gasteiger partial charge in [0.2, 0.25) is 0 Å². The summed E-state index contributed by atoms with van der Waals surface area (Å²) in [6.07, 6.45) is 1.26. The molecule has 1 aliphatic heterocycles. The van der Waals surface area contributed by atoms with Crippen LogP contribution in [0.2, 0.25) is 5.02 Å². The molecule has 3 heteroatoms.